The van der Waals surface area contributed by atoms with Crippen molar-refractivity contribution in [1.29, 1.82) is 0 Å². The van der Waals surface area contributed by atoms with Crippen LogP contribution in [0.15, 0.2) is 0 Å². The molecule has 0 aromatic carbocycles. The number of aliphatic carboxylic acids is 1. The van der Waals surface area contributed by atoms with E-state index in [-0.39, 0.29) is 5.41 Å². The van der Waals surface area contributed by atoms with E-state index in [2.05, 4.69) is 27.7 Å². The number of carbonyl (C=O) groups is 2. The lowest BCUT2D eigenvalue weighted by Gasteiger charge is -2.38. The zero-order chi connectivity index (χ0) is 15.6. The molecule has 0 spiro atoms. The van der Waals surface area contributed by atoms with Crippen LogP contribution in [0.3, 0.4) is 0 Å². The fourth-order valence-corrected chi connectivity index (χ4v) is 2.33. The Morgan fingerprint density at radius 3 is 1.74 bits per heavy atom. The molecule has 19 heavy (non-hydrogen) atoms. The standard InChI is InChI=1S/C15H29NO3/c1-9(2)15(6,7)8-10(12(16)17)11(13(18)19)14(3,4)5/h9-11H,8H2,1-7H3,(H2,16,17)(H,18,19). The Kier molecular flexibility index (Phi) is 5.60. The molecule has 0 radical (unpaired) electrons. The van der Waals surface area contributed by atoms with Gasteiger partial charge in [0.05, 0.1) is 11.8 Å². The Bertz CT molecular complexity index is 340. The number of hydrogen-bond donors (Lipinski definition) is 2. The molecule has 0 fully saturated rings. The largest absolute Gasteiger partial charge is 0.481 e. The highest BCUT2D eigenvalue weighted by Gasteiger charge is 2.43. The van der Waals surface area contributed by atoms with Gasteiger partial charge >= 0.3 is 5.97 Å². The van der Waals surface area contributed by atoms with Crippen molar-refractivity contribution in [1.82, 2.24) is 0 Å². The van der Waals surface area contributed by atoms with Gasteiger partial charge in [-0.2, -0.15) is 0 Å². The molecular formula is C15H29NO3. The molecule has 112 valence electrons. The van der Waals surface area contributed by atoms with E-state index in [4.69, 9.17) is 5.73 Å². The summed E-state index contributed by atoms with van der Waals surface area (Å²) in [6.45, 7) is 13.8. The fraction of sp³-hybridized carbons (Fsp3) is 0.867. The fourth-order valence-electron chi connectivity index (χ4n) is 2.33. The van der Waals surface area contributed by atoms with Crippen LogP contribution in [0.1, 0.15) is 54.9 Å². The van der Waals surface area contributed by atoms with Gasteiger partial charge in [-0.25, -0.2) is 0 Å². The summed E-state index contributed by atoms with van der Waals surface area (Å²) in [6.07, 6.45) is 0.494. The Morgan fingerprint density at radius 2 is 1.53 bits per heavy atom. The maximum Gasteiger partial charge on any atom is 0.307 e. The highest BCUT2D eigenvalue weighted by atomic mass is 16.4. The molecule has 0 saturated carbocycles. The lowest BCUT2D eigenvalue weighted by atomic mass is 9.65. The molecule has 0 aromatic rings. The predicted molar refractivity (Wildman–Crippen MR) is 76.5 cm³/mol. The number of rotatable bonds is 6. The average molecular weight is 271 g/mol. The second-order valence-electron chi connectivity index (χ2n) is 7.54. The van der Waals surface area contributed by atoms with Crippen LogP contribution < -0.4 is 5.73 Å². The molecule has 0 rings (SSSR count). The van der Waals surface area contributed by atoms with Crippen LogP contribution in [0.2, 0.25) is 0 Å². The summed E-state index contributed by atoms with van der Waals surface area (Å²) in [5, 5.41) is 9.46. The van der Waals surface area contributed by atoms with E-state index in [0.29, 0.717) is 12.3 Å². The number of nitrogens with two attached hydrogens (primary N) is 1. The molecule has 2 unspecified atom stereocenters. The van der Waals surface area contributed by atoms with Crippen molar-refractivity contribution in [2.75, 3.05) is 0 Å². The first kappa shape index (κ1) is 17.9. The van der Waals surface area contributed by atoms with E-state index in [1.165, 1.54) is 0 Å². The van der Waals surface area contributed by atoms with Crippen molar-refractivity contribution in [3.63, 3.8) is 0 Å². The van der Waals surface area contributed by atoms with Gasteiger partial charge in [0, 0.05) is 0 Å². The van der Waals surface area contributed by atoms with Crippen LogP contribution in [-0.4, -0.2) is 17.0 Å². The Labute approximate surface area is 116 Å². The van der Waals surface area contributed by atoms with Crippen LogP contribution in [0, 0.1) is 28.6 Å². The molecule has 4 heteroatoms. The quantitative estimate of drug-likeness (QED) is 0.779. The van der Waals surface area contributed by atoms with Gasteiger partial charge in [0.1, 0.15) is 0 Å². The van der Waals surface area contributed by atoms with Gasteiger partial charge in [-0.3, -0.25) is 9.59 Å². The van der Waals surface area contributed by atoms with Crippen molar-refractivity contribution < 1.29 is 14.7 Å². The monoisotopic (exact) mass is 271 g/mol. The van der Waals surface area contributed by atoms with E-state index >= 15 is 0 Å². The van der Waals surface area contributed by atoms with Crippen molar-refractivity contribution in [3.05, 3.63) is 0 Å². The zero-order valence-corrected chi connectivity index (χ0v) is 13.3. The topological polar surface area (TPSA) is 80.4 Å². The summed E-state index contributed by atoms with van der Waals surface area (Å²) >= 11 is 0. The van der Waals surface area contributed by atoms with Gasteiger partial charge in [0.15, 0.2) is 0 Å². The predicted octanol–water partition coefficient (Wildman–Crippen LogP) is 2.91. The molecule has 0 heterocycles. The molecule has 0 aliphatic heterocycles. The second kappa shape index (κ2) is 5.93. The molecule has 0 aliphatic carbocycles. The van der Waals surface area contributed by atoms with Crippen LogP contribution in [-0.2, 0) is 9.59 Å². The van der Waals surface area contributed by atoms with Crippen LogP contribution in [0.5, 0.6) is 0 Å². The number of amides is 1. The van der Waals surface area contributed by atoms with E-state index in [9.17, 15) is 14.7 Å². The number of carboxylic acids is 1. The highest BCUT2D eigenvalue weighted by molar-refractivity contribution is 5.84. The zero-order valence-electron chi connectivity index (χ0n) is 13.3. The molecule has 2 atom stereocenters. The number of hydrogen-bond acceptors (Lipinski definition) is 2. The lowest BCUT2D eigenvalue weighted by molar-refractivity contribution is -0.152. The number of carboxylic acid groups (broad SMARTS) is 1. The highest BCUT2D eigenvalue weighted by Crippen LogP contribution is 2.41. The second-order valence-corrected chi connectivity index (χ2v) is 7.54. The molecule has 0 aromatic heterocycles. The lowest BCUT2D eigenvalue weighted by Crippen LogP contribution is -2.44. The maximum absolute atomic E-state index is 11.8. The minimum atomic E-state index is -0.948. The summed E-state index contributed by atoms with van der Waals surface area (Å²) < 4.78 is 0. The molecular weight excluding hydrogens is 242 g/mol. The third-order valence-electron chi connectivity index (χ3n) is 4.28. The van der Waals surface area contributed by atoms with Crippen LogP contribution >= 0.6 is 0 Å². The molecule has 1 amide bonds. The molecule has 3 N–H and O–H groups in total. The SMILES string of the molecule is CC(C)C(C)(C)CC(C(N)=O)C(C(=O)O)C(C)(C)C. The number of carbonyl (C=O) groups excluding carboxylic acids is 1. The summed E-state index contributed by atoms with van der Waals surface area (Å²) in [6, 6.07) is 0. The first-order valence-corrected chi connectivity index (χ1v) is 6.83. The van der Waals surface area contributed by atoms with Crippen LogP contribution in [0.25, 0.3) is 0 Å². The first-order chi connectivity index (χ1) is 8.30. The maximum atomic E-state index is 11.8. The smallest absolute Gasteiger partial charge is 0.307 e. The minimum absolute atomic E-state index is 0.126. The average Bonchev–Trinajstić information content (AvgIpc) is 2.12. The minimum Gasteiger partial charge on any atom is -0.481 e. The van der Waals surface area contributed by atoms with E-state index < -0.39 is 29.1 Å². The first-order valence-electron chi connectivity index (χ1n) is 6.83. The molecule has 4 nitrogen and oxygen atoms in total. The summed E-state index contributed by atoms with van der Waals surface area (Å²) in [7, 11) is 0. The molecule has 0 bridgehead atoms. The summed E-state index contributed by atoms with van der Waals surface area (Å²) in [5.74, 6) is -2.52. The van der Waals surface area contributed by atoms with Gasteiger partial charge in [-0.1, -0.05) is 48.5 Å². The van der Waals surface area contributed by atoms with E-state index in [1.807, 2.05) is 20.8 Å². The van der Waals surface area contributed by atoms with E-state index in [1.54, 1.807) is 0 Å². The van der Waals surface area contributed by atoms with Crippen molar-refractivity contribution in [2.45, 2.75) is 54.9 Å². The van der Waals surface area contributed by atoms with Gasteiger partial charge in [0.25, 0.3) is 0 Å². The van der Waals surface area contributed by atoms with Crippen molar-refractivity contribution in [2.24, 2.45) is 34.3 Å². The van der Waals surface area contributed by atoms with Crippen molar-refractivity contribution >= 4 is 11.9 Å². The Morgan fingerprint density at radius 1 is 1.11 bits per heavy atom. The van der Waals surface area contributed by atoms with Crippen LogP contribution in [0.4, 0.5) is 0 Å². The van der Waals surface area contributed by atoms with Gasteiger partial charge in [-0.15, -0.1) is 0 Å². The van der Waals surface area contributed by atoms with E-state index in [0.717, 1.165) is 0 Å². The summed E-state index contributed by atoms with van der Waals surface area (Å²) in [4.78, 5) is 23.3. The van der Waals surface area contributed by atoms with Crippen molar-refractivity contribution in [3.8, 4) is 0 Å². The molecule has 0 aliphatic rings. The van der Waals surface area contributed by atoms with Gasteiger partial charge < -0.3 is 10.8 Å². The van der Waals surface area contributed by atoms with Gasteiger partial charge in [-0.05, 0) is 23.2 Å². The third-order valence-corrected chi connectivity index (χ3v) is 4.28. The normalized spacial score (nSPS) is 16.2. The van der Waals surface area contributed by atoms with Gasteiger partial charge in [0.2, 0.25) is 5.91 Å². The summed E-state index contributed by atoms with van der Waals surface area (Å²) in [5.41, 5.74) is 4.85. The number of primary amides is 1. The Balaban J connectivity index is 5.43. The molecule has 0 saturated heterocycles. The Hall–Kier alpha value is -1.06. The third kappa shape index (κ3) is 4.84.